The number of hydrogen-bond acceptors (Lipinski definition) is 3. The molecule has 0 bridgehead atoms. The molecule has 3 nitrogen and oxygen atoms in total. The molecule has 0 radical (unpaired) electrons. The molecule has 0 aromatic carbocycles. The maximum Gasteiger partial charge on any atom is 0.413 e. The van der Waals surface area contributed by atoms with Crippen molar-refractivity contribution in [3.05, 3.63) is 46.9 Å². The Hall–Kier alpha value is -1.82. The molecule has 0 atom stereocenters. The average molecular weight is 314 g/mol. The van der Waals surface area contributed by atoms with E-state index in [1.807, 2.05) is 19.9 Å². The highest BCUT2D eigenvalue weighted by Crippen LogP contribution is 2.28. The van der Waals surface area contributed by atoms with Gasteiger partial charge in [0, 0.05) is 25.0 Å². The summed E-state index contributed by atoms with van der Waals surface area (Å²) in [6.45, 7) is 4.64. The van der Waals surface area contributed by atoms with Crippen molar-refractivity contribution in [2.24, 2.45) is 0 Å². The molecule has 0 saturated heterocycles. The van der Waals surface area contributed by atoms with E-state index in [4.69, 9.17) is 5.11 Å². The van der Waals surface area contributed by atoms with E-state index in [9.17, 15) is 13.2 Å². The number of nitrogens with zero attached hydrogens (tertiary/aromatic N) is 2. The smallest absolute Gasteiger partial charge is 0.392 e. The van der Waals surface area contributed by atoms with Crippen LogP contribution in [0.25, 0.3) is 5.70 Å². The second-order valence-electron chi connectivity index (χ2n) is 5.09. The first kappa shape index (κ1) is 18.2. The lowest BCUT2D eigenvalue weighted by Crippen LogP contribution is -2.17. The van der Waals surface area contributed by atoms with Gasteiger partial charge >= 0.3 is 6.18 Å². The van der Waals surface area contributed by atoms with E-state index in [1.165, 1.54) is 11.1 Å². The number of aromatic nitrogens is 1. The minimum absolute atomic E-state index is 0.121. The van der Waals surface area contributed by atoms with Crippen molar-refractivity contribution in [2.75, 3.05) is 7.05 Å². The molecule has 0 aliphatic carbocycles. The largest absolute Gasteiger partial charge is 0.413 e. The van der Waals surface area contributed by atoms with Crippen LogP contribution in [0.2, 0.25) is 0 Å². The number of halogens is 3. The van der Waals surface area contributed by atoms with Crippen molar-refractivity contribution in [1.29, 1.82) is 0 Å². The van der Waals surface area contributed by atoms with Crippen LogP contribution in [0.3, 0.4) is 0 Å². The minimum Gasteiger partial charge on any atom is -0.392 e. The predicted octanol–water partition coefficient (Wildman–Crippen LogP) is 4.03. The first-order valence-electron chi connectivity index (χ1n) is 6.96. The summed E-state index contributed by atoms with van der Waals surface area (Å²) in [6.07, 6.45) is 0.729. The highest BCUT2D eigenvalue weighted by atomic mass is 19.4. The number of hydrogen-bond donors (Lipinski definition) is 1. The number of aliphatic hydroxyl groups is 1. The van der Waals surface area contributed by atoms with Gasteiger partial charge in [-0.1, -0.05) is 19.1 Å². The minimum atomic E-state index is -4.35. The number of aliphatic hydroxyl groups excluding tert-OH is 1. The third kappa shape index (κ3) is 4.59. The molecule has 0 amide bonds. The van der Waals surface area contributed by atoms with Gasteiger partial charge in [0.15, 0.2) is 0 Å². The lowest BCUT2D eigenvalue weighted by atomic mass is 10.1. The summed E-state index contributed by atoms with van der Waals surface area (Å²) in [5, 5.41) is 9.11. The van der Waals surface area contributed by atoms with Gasteiger partial charge in [-0.25, -0.2) is 0 Å². The summed E-state index contributed by atoms with van der Waals surface area (Å²) in [7, 11) is 1.57. The molecule has 0 aliphatic rings. The fourth-order valence-electron chi connectivity index (χ4n) is 2.02. The summed E-state index contributed by atoms with van der Waals surface area (Å²) in [5.74, 6) is 0. The number of aryl methyl sites for hydroxylation is 1. The van der Waals surface area contributed by atoms with E-state index < -0.39 is 11.7 Å². The van der Waals surface area contributed by atoms with E-state index in [0.717, 1.165) is 18.7 Å². The Labute approximate surface area is 128 Å². The molecule has 1 aromatic rings. The SMILES string of the molecule is CC/C=C(/c1ncc(CO)cc1C)N(C)/C=C(\C)C(F)(F)F. The van der Waals surface area contributed by atoms with Crippen LogP contribution in [0.15, 0.2) is 30.1 Å². The molecule has 0 saturated carbocycles. The number of alkyl halides is 3. The van der Waals surface area contributed by atoms with Crippen molar-refractivity contribution in [3.8, 4) is 0 Å². The van der Waals surface area contributed by atoms with E-state index in [0.29, 0.717) is 23.4 Å². The predicted molar refractivity (Wildman–Crippen MR) is 80.7 cm³/mol. The Morgan fingerprint density at radius 3 is 2.50 bits per heavy atom. The third-order valence-corrected chi connectivity index (χ3v) is 3.17. The lowest BCUT2D eigenvalue weighted by Gasteiger charge is -2.21. The fraction of sp³-hybridized carbons (Fsp3) is 0.438. The van der Waals surface area contributed by atoms with Gasteiger partial charge in [0.05, 0.1) is 18.0 Å². The summed E-state index contributed by atoms with van der Waals surface area (Å²) in [6, 6.07) is 1.78. The topological polar surface area (TPSA) is 36.4 Å². The summed E-state index contributed by atoms with van der Waals surface area (Å²) >= 11 is 0. The Bertz CT molecular complexity index is 577. The van der Waals surface area contributed by atoms with Crippen LogP contribution in [0, 0.1) is 6.92 Å². The van der Waals surface area contributed by atoms with Gasteiger partial charge in [0.1, 0.15) is 0 Å². The van der Waals surface area contributed by atoms with Crippen LogP contribution >= 0.6 is 0 Å². The fourth-order valence-corrected chi connectivity index (χ4v) is 2.02. The standard InChI is InChI=1S/C16H21F3N2O/c1-5-6-14(21(4)9-12(3)16(17,18)19)15-11(2)7-13(10-22)8-20-15/h6-9,22H,5,10H2,1-4H3/b12-9+,14-6-. The summed E-state index contributed by atoms with van der Waals surface area (Å²) in [5.41, 5.74) is 2.00. The highest BCUT2D eigenvalue weighted by molar-refractivity contribution is 5.64. The molecule has 0 spiro atoms. The van der Waals surface area contributed by atoms with E-state index in [2.05, 4.69) is 4.98 Å². The molecule has 1 N–H and O–H groups in total. The van der Waals surface area contributed by atoms with Crippen molar-refractivity contribution < 1.29 is 18.3 Å². The van der Waals surface area contributed by atoms with E-state index >= 15 is 0 Å². The van der Waals surface area contributed by atoms with Gasteiger partial charge in [-0.15, -0.1) is 0 Å². The molecule has 22 heavy (non-hydrogen) atoms. The van der Waals surface area contributed by atoms with Crippen molar-refractivity contribution in [3.63, 3.8) is 0 Å². The molecular formula is C16H21F3N2O. The third-order valence-electron chi connectivity index (χ3n) is 3.17. The summed E-state index contributed by atoms with van der Waals surface area (Å²) in [4.78, 5) is 5.71. The van der Waals surface area contributed by atoms with Gasteiger partial charge in [0.25, 0.3) is 0 Å². The maximum absolute atomic E-state index is 12.7. The molecule has 122 valence electrons. The highest BCUT2D eigenvalue weighted by Gasteiger charge is 2.30. The van der Waals surface area contributed by atoms with Crippen LogP contribution in [-0.4, -0.2) is 28.2 Å². The monoisotopic (exact) mass is 314 g/mol. The molecular weight excluding hydrogens is 293 g/mol. The molecule has 0 fully saturated rings. The van der Waals surface area contributed by atoms with Crippen LogP contribution in [0.5, 0.6) is 0 Å². The van der Waals surface area contributed by atoms with Gasteiger partial charge < -0.3 is 10.0 Å². The molecule has 1 heterocycles. The van der Waals surface area contributed by atoms with Crippen molar-refractivity contribution in [1.82, 2.24) is 9.88 Å². The van der Waals surface area contributed by atoms with Crippen LogP contribution in [-0.2, 0) is 6.61 Å². The van der Waals surface area contributed by atoms with Gasteiger partial charge in [0.2, 0.25) is 0 Å². The molecule has 1 rings (SSSR count). The lowest BCUT2D eigenvalue weighted by molar-refractivity contribution is -0.0921. The van der Waals surface area contributed by atoms with E-state index in [-0.39, 0.29) is 6.61 Å². The van der Waals surface area contributed by atoms with Crippen LogP contribution < -0.4 is 0 Å². The van der Waals surface area contributed by atoms with Gasteiger partial charge in [-0.2, -0.15) is 13.2 Å². The zero-order valence-corrected chi connectivity index (χ0v) is 13.2. The number of pyridine rings is 1. The average Bonchev–Trinajstić information content (AvgIpc) is 2.43. The van der Waals surface area contributed by atoms with Gasteiger partial charge in [-0.05, 0) is 31.4 Å². The van der Waals surface area contributed by atoms with Crippen LogP contribution in [0.4, 0.5) is 13.2 Å². The Morgan fingerprint density at radius 2 is 2.05 bits per heavy atom. The Balaban J connectivity index is 3.23. The number of rotatable bonds is 5. The van der Waals surface area contributed by atoms with Crippen molar-refractivity contribution >= 4 is 5.70 Å². The maximum atomic E-state index is 12.7. The number of allylic oxidation sites excluding steroid dienone is 2. The Kier molecular flexibility index (Phi) is 6.17. The molecule has 0 aliphatic heterocycles. The molecule has 6 heteroatoms. The van der Waals surface area contributed by atoms with E-state index in [1.54, 1.807) is 13.1 Å². The zero-order valence-electron chi connectivity index (χ0n) is 13.2. The molecule has 0 unspecified atom stereocenters. The molecule has 1 aromatic heterocycles. The zero-order chi connectivity index (χ0) is 16.9. The first-order chi connectivity index (χ1) is 10.2. The van der Waals surface area contributed by atoms with Gasteiger partial charge in [-0.3, -0.25) is 4.98 Å². The first-order valence-corrected chi connectivity index (χ1v) is 6.96. The van der Waals surface area contributed by atoms with Crippen molar-refractivity contribution in [2.45, 2.75) is 40.0 Å². The normalized spacial score (nSPS) is 13.5. The van der Waals surface area contributed by atoms with Crippen LogP contribution in [0.1, 0.15) is 37.1 Å². The quantitative estimate of drug-likeness (QED) is 0.891. The summed E-state index contributed by atoms with van der Waals surface area (Å²) < 4.78 is 38.0. The second-order valence-corrected chi connectivity index (χ2v) is 5.09. The second kappa shape index (κ2) is 7.45. The Morgan fingerprint density at radius 1 is 1.41 bits per heavy atom.